The fourth-order valence-corrected chi connectivity index (χ4v) is 5.01. The second-order valence-corrected chi connectivity index (χ2v) is 11.0. The van der Waals surface area contributed by atoms with E-state index in [0.717, 1.165) is 16.8 Å². The van der Waals surface area contributed by atoms with Crippen LogP contribution in [0.1, 0.15) is 53.6 Å². The standard InChI is InChI=1S/C27H31Cl2N5O2S/c1-6-11-34-25(23(12-16(2)3)31-26(36)20-10-9-19(28)14-21(20)29)32-33-27(34)37-15-24(35)30-22-13-17(4)7-8-18(22)5/h6-10,13-14,16,23H,1,11-12,15H2,2-5H3,(H,30,35)(H,31,36)/t23-/m0/s1. The Labute approximate surface area is 232 Å². The predicted molar refractivity (Wildman–Crippen MR) is 152 cm³/mol. The third-order valence-electron chi connectivity index (χ3n) is 5.56. The molecule has 0 spiro atoms. The summed E-state index contributed by atoms with van der Waals surface area (Å²) in [5.41, 5.74) is 3.18. The van der Waals surface area contributed by atoms with E-state index in [1.807, 2.05) is 36.6 Å². The van der Waals surface area contributed by atoms with Crippen LogP contribution in [0, 0.1) is 19.8 Å². The molecule has 37 heavy (non-hydrogen) atoms. The second kappa shape index (κ2) is 13.1. The number of allylic oxidation sites excluding steroid dienone is 1. The third kappa shape index (κ3) is 7.84. The summed E-state index contributed by atoms with van der Waals surface area (Å²) in [6.07, 6.45) is 2.36. The molecule has 3 aromatic rings. The number of carbonyl (C=O) groups excluding carboxylic acids is 2. The van der Waals surface area contributed by atoms with E-state index < -0.39 is 6.04 Å². The summed E-state index contributed by atoms with van der Waals surface area (Å²) in [6, 6.07) is 10.3. The Morgan fingerprint density at radius 1 is 1.14 bits per heavy atom. The van der Waals surface area contributed by atoms with E-state index in [9.17, 15) is 9.59 Å². The zero-order valence-electron chi connectivity index (χ0n) is 21.3. The normalized spacial score (nSPS) is 11.9. The lowest BCUT2D eigenvalue weighted by atomic mass is 10.0. The van der Waals surface area contributed by atoms with Crippen LogP contribution >= 0.6 is 35.0 Å². The van der Waals surface area contributed by atoms with E-state index in [2.05, 4.69) is 41.3 Å². The van der Waals surface area contributed by atoms with Crippen molar-refractivity contribution in [2.75, 3.05) is 11.1 Å². The number of aryl methyl sites for hydroxylation is 2. The number of amides is 2. The quantitative estimate of drug-likeness (QED) is 0.203. The van der Waals surface area contributed by atoms with E-state index in [-0.39, 0.29) is 28.5 Å². The molecule has 1 atom stereocenters. The molecule has 1 aromatic heterocycles. The molecule has 196 valence electrons. The van der Waals surface area contributed by atoms with E-state index in [0.29, 0.717) is 34.5 Å². The van der Waals surface area contributed by atoms with Gasteiger partial charge < -0.3 is 15.2 Å². The van der Waals surface area contributed by atoms with Crippen molar-refractivity contribution in [2.24, 2.45) is 5.92 Å². The first-order valence-electron chi connectivity index (χ1n) is 11.9. The van der Waals surface area contributed by atoms with E-state index in [1.165, 1.54) is 17.8 Å². The van der Waals surface area contributed by atoms with Gasteiger partial charge in [-0.3, -0.25) is 9.59 Å². The Morgan fingerprint density at radius 3 is 2.57 bits per heavy atom. The molecule has 1 heterocycles. The predicted octanol–water partition coefficient (Wildman–Crippen LogP) is 6.64. The molecule has 0 radical (unpaired) electrons. The molecule has 0 aliphatic heterocycles. The van der Waals surface area contributed by atoms with Crippen LogP contribution in [0.15, 0.2) is 54.2 Å². The molecular formula is C27H31Cl2N5O2S. The minimum Gasteiger partial charge on any atom is -0.342 e. The molecule has 0 aliphatic rings. The molecule has 0 bridgehead atoms. The van der Waals surface area contributed by atoms with Crippen LogP contribution < -0.4 is 10.6 Å². The molecule has 2 amide bonds. The van der Waals surface area contributed by atoms with Gasteiger partial charge in [-0.15, -0.1) is 16.8 Å². The Kier molecular flexibility index (Phi) is 10.2. The molecule has 7 nitrogen and oxygen atoms in total. The van der Waals surface area contributed by atoms with Crippen molar-refractivity contribution in [1.29, 1.82) is 0 Å². The van der Waals surface area contributed by atoms with Gasteiger partial charge in [-0.2, -0.15) is 0 Å². The first-order valence-corrected chi connectivity index (χ1v) is 13.6. The highest BCUT2D eigenvalue weighted by atomic mass is 35.5. The summed E-state index contributed by atoms with van der Waals surface area (Å²) < 4.78 is 1.87. The van der Waals surface area contributed by atoms with Gasteiger partial charge in [0.25, 0.3) is 5.91 Å². The van der Waals surface area contributed by atoms with Gasteiger partial charge in [0.05, 0.1) is 22.4 Å². The Balaban J connectivity index is 1.79. The molecule has 0 saturated carbocycles. The van der Waals surface area contributed by atoms with Gasteiger partial charge in [-0.1, -0.05) is 67.0 Å². The van der Waals surface area contributed by atoms with Crippen LogP contribution in [0.25, 0.3) is 0 Å². The minimum atomic E-state index is -0.426. The number of nitrogens with zero attached hydrogens (tertiary/aromatic N) is 3. The minimum absolute atomic E-state index is 0.141. The van der Waals surface area contributed by atoms with E-state index in [4.69, 9.17) is 23.2 Å². The Bertz CT molecular complexity index is 1290. The number of anilines is 1. The smallest absolute Gasteiger partial charge is 0.253 e. The number of thioether (sulfide) groups is 1. The Morgan fingerprint density at radius 2 is 1.89 bits per heavy atom. The Hall–Kier alpha value is -2.81. The molecule has 0 unspecified atom stereocenters. The summed E-state index contributed by atoms with van der Waals surface area (Å²) >= 11 is 13.5. The van der Waals surface area contributed by atoms with Gasteiger partial charge in [0.2, 0.25) is 5.91 Å². The van der Waals surface area contributed by atoms with Gasteiger partial charge >= 0.3 is 0 Å². The number of benzene rings is 2. The lowest BCUT2D eigenvalue weighted by Gasteiger charge is -2.21. The first kappa shape index (κ1) is 28.8. The molecule has 0 saturated heterocycles. The van der Waals surface area contributed by atoms with Crippen molar-refractivity contribution in [3.05, 3.63) is 81.6 Å². The molecular weight excluding hydrogens is 529 g/mol. The summed E-state index contributed by atoms with van der Waals surface area (Å²) in [5.74, 6) is 0.536. The summed E-state index contributed by atoms with van der Waals surface area (Å²) in [4.78, 5) is 25.8. The van der Waals surface area contributed by atoms with Crippen molar-refractivity contribution in [1.82, 2.24) is 20.1 Å². The van der Waals surface area contributed by atoms with Crippen molar-refractivity contribution in [3.8, 4) is 0 Å². The lowest BCUT2D eigenvalue weighted by Crippen LogP contribution is -2.32. The van der Waals surface area contributed by atoms with Crippen molar-refractivity contribution >= 4 is 52.5 Å². The molecule has 10 heteroatoms. The maximum Gasteiger partial charge on any atom is 0.253 e. The van der Waals surface area contributed by atoms with Crippen LogP contribution in [0.3, 0.4) is 0 Å². The zero-order valence-corrected chi connectivity index (χ0v) is 23.7. The highest BCUT2D eigenvalue weighted by molar-refractivity contribution is 7.99. The third-order valence-corrected chi connectivity index (χ3v) is 7.07. The van der Waals surface area contributed by atoms with Crippen molar-refractivity contribution in [2.45, 2.75) is 51.9 Å². The van der Waals surface area contributed by atoms with Crippen LogP contribution in [0.4, 0.5) is 5.69 Å². The number of hydrogen-bond acceptors (Lipinski definition) is 5. The van der Waals surface area contributed by atoms with Crippen LogP contribution in [0.2, 0.25) is 10.0 Å². The largest absolute Gasteiger partial charge is 0.342 e. The summed E-state index contributed by atoms with van der Waals surface area (Å²) in [6.45, 7) is 12.3. The number of halogens is 2. The maximum absolute atomic E-state index is 13.1. The van der Waals surface area contributed by atoms with Crippen LogP contribution in [-0.4, -0.2) is 32.3 Å². The van der Waals surface area contributed by atoms with Gasteiger partial charge in [0.1, 0.15) is 0 Å². The molecule has 2 N–H and O–H groups in total. The first-order chi connectivity index (χ1) is 17.6. The number of hydrogen-bond donors (Lipinski definition) is 2. The molecule has 3 rings (SSSR count). The van der Waals surface area contributed by atoms with E-state index >= 15 is 0 Å². The number of aromatic nitrogens is 3. The highest BCUT2D eigenvalue weighted by Crippen LogP contribution is 2.27. The monoisotopic (exact) mass is 559 g/mol. The zero-order chi connectivity index (χ0) is 27.1. The average Bonchev–Trinajstić information content (AvgIpc) is 3.22. The topological polar surface area (TPSA) is 88.9 Å². The lowest BCUT2D eigenvalue weighted by molar-refractivity contribution is -0.113. The van der Waals surface area contributed by atoms with Crippen molar-refractivity contribution < 1.29 is 9.59 Å². The number of rotatable bonds is 11. The fourth-order valence-electron chi connectivity index (χ4n) is 3.76. The van der Waals surface area contributed by atoms with Gasteiger partial charge in [0.15, 0.2) is 11.0 Å². The van der Waals surface area contributed by atoms with Crippen LogP contribution in [0.5, 0.6) is 0 Å². The summed E-state index contributed by atoms with van der Waals surface area (Å²) in [5, 5.41) is 16.0. The number of carbonyl (C=O) groups is 2. The molecule has 0 aliphatic carbocycles. The van der Waals surface area contributed by atoms with Gasteiger partial charge in [0, 0.05) is 17.3 Å². The average molecular weight is 561 g/mol. The molecule has 2 aromatic carbocycles. The highest BCUT2D eigenvalue weighted by Gasteiger charge is 2.25. The van der Waals surface area contributed by atoms with E-state index in [1.54, 1.807) is 18.2 Å². The fraction of sp³-hybridized carbons (Fsp3) is 0.333. The maximum atomic E-state index is 13.1. The van der Waals surface area contributed by atoms with Crippen LogP contribution in [-0.2, 0) is 11.3 Å². The second-order valence-electron chi connectivity index (χ2n) is 9.18. The summed E-state index contributed by atoms with van der Waals surface area (Å²) in [7, 11) is 0. The van der Waals surface area contributed by atoms with Crippen molar-refractivity contribution in [3.63, 3.8) is 0 Å². The SMILES string of the molecule is C=CCn1c(SCC(=O)Nc2cc(C)ccc2C)nnc1[C@H](CC(C)C)NC(=O)c1ccc(Cl)cc1Cl. The van der Waals surface area contributed by atoms with Gasteiger partial charge in [-0.25, -0.2) is 0 Å². The molecule has 0 fully saturated rings. The number of nitrogens with one attached hydrogen (secondary N) is 2. The van der Waals surface area contributed by atoms with Gasteiger partial charge in [-0.05, 0) is 61.6 Å².